The Morgan fingerprint density at radius 1 is 1.15 bits per heavy atom. The molecule has 0 fully saturated rings. The number of nitrogens with one attached hydrogen (secondary N) is 1. The van der Waals surface area contributed by atoms with Crippen molar-refractivity contribution in [3.05, 3.63) is 42.0 Å². The topological polar surface area (TPSA) is 41.5 Å². The number of hydrogen-bond donors (Lipinski definition) is 2. The predicted molar refractivity (Wildman–Crippen MR) is 83.2 cm³/mol. The van der Waals surface area contributed by atoms with Crippen LogP contribution in [0.15, 0.2) is 36.4 Å². The SMILES string of the molecule is CCCNCC(C)(O)c1ccc2cc(OC)ccc2c1. The van der Waals surface area contributed by atoms with E-state index in [0.29, 0.717) is 6.54 Å². The van der Waals surface area contributed by atoms with E-state index in [0.717, 1.165) is 35.1 Å². The van der Waals surface area contributed by atoms with Crippen LogP contribution in [0.3, 0.4) is 0 Å². The molecule has 108 valence electrons. The average molecular weight is 273 g/mol. The largest absolute Gasteiger partial charge is 0.497 e. The highest BCUT2D eigenvalue weighted by Crippen LogP contribution is 2.26. The van der Waals surface area contributed by atoms with E-state index in [-0.39, 0.29) is 0 Å². The summed E-state index contributed by atoms with van der Waals surface area (Å²) >= 11 is 0. The van der Waals surface area contributed by atoms with E-state index in [4.69, 9.17) is 4.74 Å². The van der Waals surface area contributed by atoms with Crippen molar-refractivity contribution in [1.82, 2.24) is 5.32 Å². The molecule has 0 saturated heterocycles. The Hall–Kier alpha value is -1.58. The minimum absolute atomic E-state index is 0.558. The second-order valence-corrected chi connectivity index (χ2v) is 5.38. The molecule has 2 rings (SSSR count). The number of hydrogen-bond acceptors (Lipinski definition) is 3. The second kappa shape index (κ2) is 6.25. The van der Waals surface area contributed by atoms with Gasteiger partial charge in [0, 0.05) is 6.54 Å². The smallest absolute Gasteiger partial charge is 0.119 e. The van der Waals surface area contributed by atoms with Crippen molar-refractivity contribution in [3.63, 3.8) is 0 Å². The summed E-state index contributed by atoms with van der Waals surface area (Å²) in [6.45, 7) is 5.44. The standard InChI is InChI=1S/C17H23NO2/c1-4-9-18-12-17(2,19)15-7-5-14-11-16(20-3)8-6-13(14)10-15/h5-8,10-11,18-19H,4,9,12H2,1-3H3. The number of benzene rings is 2. The number of aliphatic hydroxyl groups is 1. The lowest BCUT2D eigenvalue weighted by Crippen LogP contribution is -2.35. The van der Waals surface area contributed by atoms with Crippen LogP contribution in [0.4, 0.5) is 0 Å². The molecule has 20 heavy (non-hydrogen) atoms. The van der Waals surface area contributed by atoms with Gasteiger partial charge in [-0.1, -0.05) is 25.1 Å². The van der Waals surface area contributed by atoms with Gasteiger partial charge in [0.1, 0.15) is 5.75 Å². The zero-order valence-corrected chi connectivity index (χ0v) is 12.4. The number of ether oxygens (including phenoxy) is 1. The van der Waals surface area contributed by atoms with Crippen LogP contribution in [-0.2, 0) is 5.60 Å². The molecule has 2 N–H and O–H groups in total. The van der Waals surface area contributed by atoms with Crippen LogP contribution in [0.5, 0.6) is 5.75 Å². The van der Waals surface area contributed by atoms with E-state index in [1.807, 2.05) is 43.3 Å². The van der Waals surface area contributed by atoms with Crippen molar-refractivity contribution >= 4 is 10.8 Å². The zero-order valence-electron chi connectivity index (χ0n) is 12.4. The maximum absolute atomic E-state index is 10.6. The molecule has 0 aromatic heterocycles. The summed E-state index contributed by atoms with van der Waals surface area (Å²) in [5, 5.41) is 16.1. The van der Waals surface area contributed by atoms with Crippen LogP contribution in [0, 0.1) is 0 Å². The summed E-state index contributed by atoms with van der Waals surface area (Å²) in [7, 11) is 1.67. The van der Waals surface area contributed by atoms with Gasteiger partial charge < -0.3 is 15.2 Å². The van der Waals surface area contributed by atoms with E-state index in [1.54, 1.807) is 7.11 Å². The van der Waals surface area contributed by atoms with Crippen LogP contribution >= 0.6 is 0 Å². The maximum Gasteiger partial charge on any atom is 0.119 e. The molecular weight excluding hydrogens is 250 g/mol. The highest BCUT2D eigenvalue weighted by Gasteiger charge is 2.22. The molecule has 3 nitrogen and oxygen atoms in total. The summed E-state index contributed by atoms with van der Waals surface area (Å²) in [5.74, 6) is 0.849. The Labute approximate surface area is 120 Å². The fraction of sp³-hybridized carbons (Fsp3) is 0.412. The van der Waals surface area contributed by atoms with E-state index in [2.05, 4.69) is 12.2 Å². The lowest BCUT2D eigenvalue weighted by molar-refractivity contribution is 0.0574. The van der Waals surface area contributed by atoms with Crippen LogP contribution in [0.25, 0.3) is 10.8 Å². The third-order valence-corrected chi connectivity index (χ3v) is 3.57. The highest BCUT2D eigenvalue weighted by atomic mass is 16.5. The van der Waals surface area contributed by atoms with Crippen molar-refractivity contribution in [2.75, 3.05) is 20.2 Å². The van der Waals surface area contributed by atoms with Gasteiger partial charge in [-0.2, -0.15) is 0 Å². The molecule has 0 aliphatic rings. The zero-order chi connectivity index (χ0) is 14.6. The molecule has 0 amide bonds. The number of methoxy groups -OCH3 is 1. The lowest BCUT2D eigenvalue weighted by atomic mass is 9.93. The fourth-order valence-electron chi connectivity index (χ4n) is 2.30. The van der Waals surface area contributed by atoms with Crippen LogP contribution in [-0.4, -0.2) is 25.3 Å². The molecule has 1 atom stereocenters. The van der Waals surface area contributed by atoms with Crippen LogP contribution in [0.1, 0.15) is 25.8 Å². The van der Waals surface area contributed by atoms with Gasteiger partial charge in [0.25, 0.3) is 0 Å². The van der Waals surface area contributed by atoms with Gasteiger partial charge in [-0.15, -0.1) is 0 Å². The Kier molecular flexibility index (Phi) is 4.63. The van der Waals surface area contributed by atoms with Gasteiger partial charge in [0.15, 0.2) is 0 Å². The summed E-state index contributed by atoms with van der Waals surface area (Å²) in [6.07, 6.45) is 1.06. The highest BCUT2D eigenvalue weighted by molar-refractivity contribution is 5.84. The Morgan fingerprint density at radius 2 is 1.85 bits per heavy atom. The van der Waals surface area contributed by atoms with Gasteiger partial charge in [-0.3, -0.25) is 0 Å². The predicted octanol–water partition coefficient (Wildman–Crippen LogP) is 3.06. The Morgan fingerprint density at radius 3 is 2.55 bits per heavy atom. The fourth-order valence-corrected chi connectivity index (χ4v) is 2.30. The second-order valence-electron chi connectivity index (χ2n) is 5.38. The minimum Gasteiger partial charge on any atom is -0.497 e. The van der Waals surface area contributed by atoms with Gasteiger partial charge in [0.2, 0.25) is 0 Å². The first-order chi connectivity index (χ1) is 9.56. The molecular formula is C17H23NO2. The Balaban J connectivity index is 2.26. The molecule has 0 aliphatic carbocycles. The first-order valence-electron chi connectivity index (χ1n) is 7.08. The Bertz CT molecular complexity index is 578. The molecule has 2 aromatic carbocycles. The molecule has 1 unspecified atom stereocenters. The average Bonchev–Trinajstić information content (AvgIpc) is 2.46. The molecule has 0 saturated carbocycles. The molecule has 0 aliphatic heterocycles. The molecule has 3 heteroatoms. The molecule has 2 aromatic rings. The number of fused-ring (bicyclic) bond motifs is 1. The lowest BCUT2D eigenvalue weighted by Gasteiger charge is -2.24. The van der Waals surface area contributed by atoms with Gasteiger partial charge in [-0.05, 0) is 54.4 Å². The third kappa shape index (κ3) is 3.30. The summed E-state index contributed by atoms with van der Waals surface area (Å²) in [5.41, 5.74) is 0.0716. The van der Waals surface area contributed by atoms with Gasteiger partial charge >= 0.3 is 0 Å². The first kappa shape index (κ1) is 14.8. The molecule has 0 heterocycles. The molecule has 0 spiro atoms. The quantitative estimate of drug-likeness (QED) is 0.795. The van der Waals surface area contributed by atoms with Crippen molar-refractivity contribution in [3.8, 4) is 5.75 Å². The number of rotatable bonds is 6. The van der Waals surface area contributed by atoms with E-state index in [1.165, 1.54) is 0 Å². The molecule has 0 radical (unpaired) electrons. The van der Waals surface area contributed by atoms with Gasteiger partial charge in [-0.25, -0.2) is 0 Å². The van der Waals surface area contributed by atoms with E-state index >= 15 is 0 Å². The van der Waals surface area contributed by atoms with Crippen LogP contribution in [0.2, 0.25) is 0 Å². The van der Waals surface area contributed by atoms with Crippen molar-refractivity contribution in [2.24, 2.45) is 0 Å². The summed E-state index contributed by atoms with van der Waals surface area (Å²) < 4.78 is 5.23. The van der Waals surface area contributed by atoms with Crippen molar-refractivity contribution < 1.29 is 9.84 Å². The monoisotopic (exact) mass is 273 g/mol. The van der Waals surface area contributed by atoms with Crippen LogP contribution < -0.4 is 10.1 Å². The normalized spacial score (nSPS) is 14.2. The minimum atomic E-state index is -0.858. The molecule has 0 bridgehead atoms. The summed E-state index contributed by atoms with van der Waals surface area (Å²) in [4.78, 5) is 0. The maximum atomic E-state index is 10.6. The first-order valence-corrected chi connectivity index (χ1v) is 7.08. The van der Waals surface area contributed by atoms with E-state index in [9.17, 15) is 5.11 Å². The summed E-state index contributed by atoms with van der Waals surface area (Å²) in [6, 6.07) is 12.0. The van der Waals surface area contributed by atoms with Gasteiger partial charge in [0.05, 0.1) is 12.7 Å². The van der Waals surface area contributed by atoms with Crippen molar-refractivity contribution in [2.45, 2.75) is 25.9 Å². The van der Waals surface area contributed by atoms with E-state index < -0.39 is 5.60 Å². The van der Waals surface area contributed by atoms with Crippen molar-refractivity contribution in [1.29, 1.82) is 0 Å². The third-order valence-electron chi connectivity index (χ3n) is 3.57.